The van der Waals surface area contributed by atoms with E-state index in [9.17, 15) is 0 Å². The third-order valence-corrected chi connectivity index (χ3v) is 3.95. The lowest BCUT2D eigenvalue weighted by molar-refractivity contribution is 0.307. The Balaban J connectivity index is 1.81. The Morgan fingerprint density at radius 3 is 2.50 bits per heavy atom. The van der Waals surface area contributed by atoms with Gasteiger partial charge in [0.05, 0.1) is 13.7 Å². The van der Waals surface area contributed by atoms with Gasteiger partial charge >= 0.3 is 0 Å². The number of rotatable bonds is 7. The predicted octanol–water partition coefficient (Wildman–Crippen LogP) is 3.27. The average Bonchev–Trinajstić information content (AvgIpc) is 3.11. The Kier molecular flexibility index (Phi) is 5.48. The van der Waals surface area contributed by atoms with E-state index in [4.69, 9.17) is 14.2 Å². The van der Waals surface area contributed by atoms with E-state index in [1.165, 1.54) is 31.5 Å². The Labute approximate surface area is 142 Å². The highest BCUT2D eigenvalue weighted by atomic mass is 16.5. The van der Waals surface area contributed by atoms with Crippen LogP contribution in [0, 0.1) is 0 Å². The molecular weight excluding hydrogens is 306 g/mol. The van der Waals surface area contributed by atoms with Crippen LogP contribution in [0.15, 0.2) is 30.6 Å². The van der Waals surface area contributed by atoms with Crippen LogP contribution in [0.25, 0.3) is 0 Å². The van der Waals surface area contributed by atoms with Gasteiger partial charge in [-0.15, -0.1) is 0 Å². The van der Waals surface area contributed by atoms with Crippen LogP contribution in [0.3, 0.4) is 0 Å². The van der Waals surface area contributed by atoms with Gasteiger partial charge in [0.1, 0.15) is 0 Å². The van der Waals surface area contributed by atoms with Crippen molar-refractivity contribution >= 4 is 0 Å². The molecule has 128 valence electrons. The van der Waals surface area contributed by atoms with Crippen LogP contribution in [0.2, 0.25) is 0 Å². The van der Waals surface area contributed by atoms with Gasteiger partial charge in [0.25, 0.3) is 11.8 Å². The topological polar surface area (TPSA) is 56.7 Å². The lowest BCUT2D eigenvalue weighted by Gasteiger charge is -2.17. The molecule has 1 aliphatic rings. The second-order valence-corrected chi connectivity index (χ2v) is 5.67. The van der Waals surface area contributed by atoms with E-state index in [2.05, 4.69) is 20.9 Å². The summed E-state index contributed by atoms with van der Waals surface area (Å²) in [6.07, 6.45) is 5.70. The minimum atomic E-state index is 0.327. The third-order valence-electron chi connectivity index (χ3n) is 3.95. The molecule has 1 aromatic heterocycles. The smallest absolute Gasteiger partial charge is 0.283 e. The van der Waals surface area contributed by atoms with E-state index < -0.39 is 0 Å². The molecule has 2 heterocycles. The average molecular weight is 329 g/mol. The largest absolute Gasteiger partial charge is 0.490 e. The standard InChI is InChI=1S/C18H23N3O3/c1-3-23-16-12-14(13-21-10-4-5-11-21)6-7-15(16)24-18-17(22-2)19-8-9-20-18/h6-9,12H,3-5,10-11,13H2,1-2H3. The van der Waals surface area contributed by atoms with E-state index in [-0.39, 0.29) is 0 Å². The first kappa shape index (κ1) is 16.5. The number of hydrogen-bond acceptors (Lipinski definition) is 6. The summed E-state index contributed by atoms with van der Waals surface area (Å²) in [6, 6.07) is 6.03. The molecule has 1 aromatic carbocycles. The summed E-state index contributed by atoms with van der Waals surface area (Å²) in [6.45, 7) is 5.80. The first-order valence-corrected chi connectivity index (χ1v) is 8.31. The maximum absolute atomic E-state index is 5.87. The van der Waals surface area contributed by atoms with Crippen LogP contribution >= 0.6 is 0 Å². The lowest BCUT2D eigenvalue weighted by Crippen LogP contribution is -2.18. The normalized spacial score (nSPS) is 14.6. The van der Waals surface area contributed by atoms with Crippen LogP contribution < -0.4 is 14.2 Å². The zero-order chi connectivity index (χ0) is 16.8. The predicted molar refractivity (Wildman–Crippen MR) is 90.8 cm³/mol. The fourth-order valence-electron chi connectivity index (χ4n) is 2.83. The monoisotopic (exact) mass is 329 g/mol. The lowest BCUT2D eigenvalue weighted by atomic mass is 10.2. The summed E-state index contributed by atoms with van der Waals surface area (Å²) in [4.78, 5) is 10.7. The molecule has 0 radical (unpaired) electrons. The summed E-state index contributed by atoms with van der Waals surface area (Å²) < 4.78 is 16.8. The van der Waals surface area contributed by atoms with Crippen LogP contribution in [-0.2, 0) is 6.54 Å². The van der Waals surface area contributed by atoms with Gasteiger partial charge in [-0.3, -0.25) is 4.90 Å². The first-order valence-electron chi connectivity index (χ1n) is 8.31. The van der Waals surface area contributed by atoms with Gasteiger partial charge in [0.2, 0.25) is 0 Å². The number of hydrogen-bond donors (Lipinski definition) is 0. The van der Waals surface area contributed by atoms with Crippen LogP contribution in [-0.4, -0.2) is 41.7 Å². The van der Waals surface area contributed by atoms with Crippen molar-refractivity contribution in [1.29, 1.82) is 0 Å². The molecule has 0 aliphatic carbocycles. The summed E-state index contributed by atoms with van der Waals surface area (Å²) in [5.74, 6) is 2.00. The second-order valence-electron chi connectivity index (χ2n) is 5.67. The number of nitrogens with zero attached hydrogens (tertiary/aromatic N) is 3. The zero-order valence-electron chi connectivity index (χ0n) is 14.2. The number of aromatic nitrogens is 2. The van der Waals surface area contributed by atoms with Crippen LogP contribution in [0.1, 0.15) is 25.3 Å². The van der Waals surface area contributed by atoms with Gasteiger partial charge in [-0.05, 0) is 50.6 Å². The van der Waals surface area contributed by atoms with E-state index in [0.29, 0.717) is 29.9 Å². The molecule has 1 fully saturated rings. The highest BCUT2D eigenvalue weighted by Crippen LogP contribution is 2.35. The fraction of sp³-hybridized carbons (Fsp3) is 0.444. The SMILES string of the molecule is CCOc1cc(CN2CCCC2)ccc1Oc1nccnc1OC. The molecule has 0 atom stereocenters. The number of likely N-dealkylation sites (tertiary alicyclic amines) is 1. The van der Waals surface area contributed by atoms with E-state index in [0.717, 1.165) is 6.54 Å². The van der Waals surface area contributed by atoms with Crippen LogP contribution in [0.5, 0.6) is 23.3 Å². The molecule has 1 saturated heterocycles. The van der Waals surface area contributed by atoms with Gasteiger partial charge in [-0.1, -0.05) is 6.07 Å². The van der Waals surface area contributed by atoms with E-state index >= 15 is 0 Å². The summed E-state index contributed by atoms with van der Waals surface area (Å²) in [7, 11) is 1.54. The molecule has 6 nitrogen and oxygen atoms in total. The molecule has 1 aliphatic heterocycles. The molecular formula is C18H23N3O3. The molecule has 0 saturated carbocycles. The Bertz CT molecular complexity index is 672. The van der Waals surface area contributed by atoms with Gasteiger partial charge < -0.3 is 14.2 Å². The molecule has 24 heavy (non-hydrogen) atoms. The molecule has 0 amide bonds. The minimum absolute atomic E-state index is 0.327. The number of methoxy groups -OCH3 is 1. The molecule has 3 rings (SSSR count). The quantitative estimate of drug-likeness (QED) is 0.777. The Morgan fingerprint density at radius 2 is 1.79 bits per heavy atom. The van der Waals surface area contributed by atoms with Crippen molar-refractivity contribution in [2.24, 2.45) is 0 Å². The maximum Gasteiger partial charge on any atom is 0.283 e. The van der Waals surface area contributed by atoms with Gasteiger partial charge in [0, 0.05) is 18.9 Å². The van der Waals surface area contributed by atoms with Gasteiger partial charge in [-0.25, -0.2) is 9.97 Å². The van der Waals surface area contributed by atoms with Crippen molar-refractivity contribution in [3.8, 4) is 23.3 Å². The Hall–Kier alpha value is -2.34. The maximum atomic E-state index is 5.87. The summed E-state index contributed by atoms with van der Waals surface area (Å²) in [5, 5.41) is 0. The van der Waals surface area contributed by atoms with Crippen molar-refractivity contribution in [1.82, 2.24) is 14.9 Å². The summed E-state index contributed by atoms with van der Waals surface area (Å²) in [5.41, 5.74) is 1.22. The number of ether oxygens (including phenoxy) is 3. The first-order chi connectivity index (χ1) is 11.8. The van der Waals surface area contributed by atoms with Gasteiger partial charge in [0.15, 0.2) is 11.5 Å². The fourth-order valence-corrected chi connectivity index (χ4v) is 2.83. The van der Waals surface area contributed by atoms with Crippen molar-refractivity contribution in [3.63, 3.8) is 0 Å². The minimum Gasteiger partial charge on any atom is -0.490 e. The van der Waals surface area contributed by atoms with Crippen molar-refractivity contribution in [3.05, 3.63) is 36.2 Å². The second kappa shape index (κ2) is 7.97. The van der Waals surface area contributed by atoms with E-state index in [1.807, 2.05) is 19.1 Å². The van der Waals surface area contributed by atoms with Crippen molar-refractivity contribution in [2.45, 2.75) is 26.3 Å². The molecule has 0 N–H and O–H groups in total. The Morgan fingerprint density at radius 1 is 1.04 bits per heavy atom. The number of benzene rings is 1. The highest BCUT2D eigenvalue weighted by molar-refractivity contribution is 5.45. The molecule has 2 aromatic rings. The highest BCUT2D eigenvalue weighted by Gasteiger charge is 2.15. The summed E-state index contributed by atoms with van der Waals surface area (Å²) >= 11 is 0. The molecule has 0 spiro atoms. The molecule has 0 unspecified atom stereocenters. The van der Waals surface area contributed by atoms with Crippen molar-refractivity contribution in [2.75, 3.05) is 26.8 Å². The van der Waals surface area contributed by atoms with E-state index in [1.54, 1.807) is 19.5 Å². The third kappa shape index (κ3) is 3.94. The zero-order valence-corrected chi connectivity index (χ0v) is 14.2. The van der Waals surface area contributed by atoms with Crippen LogP contribution in [0.4, 0.5) is 0 Å². The van der Waals surface area contributed by atoms with Gasteiger partial charge in [-0.2, -0.15) is 0 Å². The molecule has 0 bridgehead atoms. The van der Waals surface area contributed by atoms with Crippen molar-refractivity contribution < 1.29 is 14.2 Å². The molecule has 6 heteroatoms.